The molecule has 1 atom stereocenters. The van der Waals surface area contributed by atoms with Gasteiger partial charge >= 0.3 is 6.18 Å². The minimum atomic E-state index is -4.49. The summed E-state index contributed by atoms with van der Waals surface area (Å²) in [7, 11) is 0. The third-order valence-corrected chi connectivity index (χ3v) is 5.59. The molecule has 0 saturated carbocycles. The van der Waals surface area contributed by atoms with Crippen LogP contribution >= 0.6 is 0 Å². The van der Waals surface area contributed by atoms with Crippen LogP contribution in [0.25, 0.3) is 11.0 Å². The Kier molecular flexibility index (Phi) is 5.55. The van der Waals surface area contributed by atoms with Crippen LogP contribution in [0.2, 0.25) is 0 Å². The Bertz CT molecular complexity index is 1280. The number of aromatic nitrogens is 3. The van der Waals surface area contributed by atoms with E-state index in [1.54, 1.807) is 23.8 Å². The molecule has 0 aliphatic carbocycles. The van der Waals surface area contributed by atoms with Crippen LogP contribution in [0.3, 0.4) is 0 Å². The van der Waals surface area contributed by atoms with Gasteiger partial charge in [-0.1, -0.05) is 31.2 Å². The smallest absolute Gasteiger partial charge is 0.416 e. The Hall–Kier alpha value is -3.53. The summed E-state index contributed by atoms with van der Waals surface area (Å²) in [6, 6.07) is 10.5. The number of aromatic amines is 1. The van der Waals surface area contributed by atoms with Crippen molar-refractivity contribution in [3.05, 3.63) is 77.3 Å². The highest BCUT2D eigenvalue weighted by molar-refractivity contribution is 5.81. The molecule has 0 saturated heterocycles. The van der Waals surface area contributed by atoms with Crippen molar-refractivity contribution in [2.24, 2.45) is 0 Å². The number of alkyl halides is 3. The lowest BCUT2D eigenvalue weighted by molar-refractivity contribution is -0.137. The van der Waals surface area contributed by atoms with Crippen LogP contribution in [-0.2, 0) is 18.3 Å². The fourth-order valence-corrected chi connectivity index (χ4v) is 3.72. The van der Waals surface area contributed by atoms with E-state index in [-0.39, 0.29) is 5.68 Å². The molecule has 0 radical (unpaired) electrons. The first-order chi connectivity index (χ1) is 15.3. The standard InChI is InChI=1S/C22H22F3N5O2/c1-2-21(13-31,15-6-4-7-16(11-15)22(23,24)25)29-20-27-17-8-3-5-14(18(17)28-20)12-30-9-10-32-19(30)26/h3-11,26,31H,2,12-13H2,1H3,(H2,27,28,29). The molecule has 0 amide bonds. The van der Waals surface area contributed by atoms with Gasteiger partial charge in [0.05, 0.1) is 35.3 Å². The number of nitrogens with one attached hydrogen (secondary N) is 3. The number of fused-ring (bicyclic) bond motifs is 1. The number of H-pyrrole nitrogens is 1. The number of anilines is 1. The summed E-state index contributed by atoms with van der Waals surface area (Å²) >= 11 is 0. The molecule has 168 valence electrons. The first-order valence-corrected chi connectivity index (χ1v) is 9.98. The summed E-state index contributed by atoms with van der Waals surface area (Å²) in [5.74, 6) is 0.323. The quantitative estimate of drug-likeness (QED) is 0.342. The number of imidazole rings is 1. The van der Waals surface area contributed by atoms with Gasteiger partial charge in [0.25, 0.3) is 5.68 Å². The van der Waals surface area contributed by atoms with E-state index in [1.165, 1.54) is 12.3 Å². The van der Waals surface area contributed by atoms with E-state index < -0.39 is 23.9 Å². The second-order valence-electron chi connectivity index (χ2n) is 7.53. The first-order valence-electron chi connectivity index (χ1n) is 9.98. The molecule has 4 aromatic rings. The first kappa shape index (κ1) is 21.7. The SMILES string of the molecule is CCC(CO)(Nc1nc2c(Cn3ccoc3=N)cccc2[nH]1)c1cccc(C(F)(F)F)c1. The van der Waals surface area contributed by atoms with Crippen molar-refractivity contribution in [1.29, 1.82) is 5.41 Å². The van der Waals surface area contributed by atoms with E-state index in [9.17, 15) is 18.3 Å². The largest absolute Gasteiger partial charge is 0.432 e. The van der Waals surface area contributed by atoms with Gasteiger partial charge in [-0.05, 0) is 35.7 Å². The third kappa shape index (κ3) is 4.01. The number of halogens is 3. The highest BCUT2D eigenvalue weighted by atomic mass is 19.4. The van der Waals surface area contributed by atoms with Crippen LogP contribution in [0.1, 0.15) is 30.0 Å². The lowest BCUT2D eigenvalue weighted by atomic mass is 9.87. The number of hydrogen-bond acceptors (Lipinski definition) is 5. The van der Waals surface area contributed by atoms with E-state index in [4.69, 9.17) is 9.83 Å². The number of oxazole rings is 1. The van der Waals surface area contributed by atoms with Gasteiger partial charge in [-0.15, -0.1) is 0 Å². The van der Waals surface area contributed by atoms with Crippen LogP contribution in [-0.4, -0.2) is 26.2 Å². The van der Waals surface area contributed by atoms with Crippen molar-refractivity contribution in [3.8, 4) is 0 Å². The minimum absolute atomic E-state index is 0.00529. The van der Waals surface area contributed by atoms with Crippen LogP contribution in [0.5, 0.6) is 0 Å². The monoisotopic (exact) mass is 445 g/mol. The van der Waals surface area contributed by atoms with E-state index in [0.717, 1.165) is 17.7 Å². The van der Waals surface area contributed by atoms with Gasteiger partial charge in [0.15, 0.2) is 0 Å². The number of hydrogen-bond donors (Lipinski definition) is 4. The van der Waals surface area contributed by atoms with E-state index in [0.29, 0.717) is 35.5 Å². The molecule has 2 aromatic heterocycles. The molecule has 0 spiro atoms. The van der Waals surface area contributed by atoms with Crippen LogP contribution in [0, 0.1) is 5.41 Å². The van der Waals surface area contributed by atoms with E-state index in [1.807, 2.05) is 18.2 Å². The lowest BCUT2D eigenvalue weighted by Crippen LogP contribution is -2.39. The summed E-state index contributed by atoms with van der Waals surface area (Å²) in [4.78, 5) is 7.73. The maximum atomic E-state index is 13.2. The zero-order chi connectivity index (χ0) is 22.9. The van der Waals surface area contributed by atoms with E-state index in [2.05, 4.69) is 15.3 Å². The van der Waals surface area contributed by atoms with Gasteiger partial charge in [-0.3, -0.25) is 9.98 Å². The molecular formula is C22H22F3N5O2. The topological polar surface area (TPSA) is 103 Å². The predicted molar refractivity (Wildman–Crippen MR) is 112 cm³/mol. The normalized spacial score (nSPS) is 13.9. The average Bonchev–Trinajstić information content (AvgIpc) is 3.37. The maximum absolute atomic E-state index is 13.2. The maximum Gasteiger partial charge on any atom is 0.416 e. The van der Waals surface area contributed by atoms with Crippen LogP contribution in [0.4, 0.5) is 19.1 Å². The molecule has 4 rings (SSSR count). The predicted octanol–water partition coefficient (Wildman–Crippen LogP) is 4.21. The van der Waals surface area contributed by atoms with Crippen molar-refractivity contribution in [1.82, 2.24) is 14.5 Å². The highest BCUT2D eigenvalue weighted by Crippen LogP contribution is 2.35. The minimum Gasteiger partial charge on any atom is -0.432 e. The van der Waals surface area contributed by atoms with E-state index >= 15 is 0 Å². The van der Waals surface area contributed by atoms with Gasteiger partial charge in [0, 0.05) is 6.20 Å². The summed E-state index contributed by atoms with van der Waals surface area (Å²) in [5, 5.41) is 21.1. The summed E-state index contributed by atoms with van der Waals surface area (Å²) in [6.07, 6.45) is -1.09. The molecule has 32 heavy (non-hydrogen) atoms. The zero-order valence-electron chi connectivity index (χ0n) is 17.2. The number of para-hydroxylation sites is 1. The van der Waals surface area contributed by atoms with Gasteiger partial charge in [0.2, 0.25) is 5.95 Å². The molecule has 0 aliphatic rings. The summed E-state index contributed by atoms with van der Waals surface area (Å²) < 4.78 is 46.3. The molecule has 0 fully saturated rings. The Balaban J connectivity index is 1.71. The number of rotatable bonds is 7. The Morgan fingerprint density at radius 1 is 1.19 bits per heavy atom. The second-order valence-corrected chi connectivity index (χ2v) is 7.53. The Morgan fingerprint density at radius 3 is 2.59 bits per heavy atom. The Morgan fingerprint density at radius 2 is 1.94 bits per heavy atom. The van der Waals surface area contributed by atoms with Crippen LogP contribution in [0.15, 0.2) is 59.3 Å². The average molecular weight is 445 g/mol. The number of aliphatic hydroxyl groups is 1. The van der Waals surface area contributed by atoms with Crippen molar-refractivity contribution < 1.29 is 22.7 Å². The second kappa shape index (κ2) is 8.19. The molecule has 2 aromatic carbocycles. The van der Waals surface area contributed by atoms with Crippen molar-refractivity contribution >= 4 is 17.0 Å². The molecule has 4 N–H and O–H groups in total. The molecule has 0 aliphatic heterocycles. The molecule has 0 bridgehead atoms. The van der Waals surface area contributed by atoms with Crippen molar-refractivity contribution in [3.63, 3.8) is 0 Å². The van der Waals surface area contributed by atoms with Gasteiger partial charge in [-0.25, -0.2) is 4.98 Å². The van der Waals surface area contributed by atoms with Gasteiger partial charge in [0.1, 0.15) is 6.26 Å². The van der Waals surface area contributed by atoms with Gasteiger partial charge < -0.3 is 19.8 Å². The van der Waals surface area contributed by atoms with Crippen molar-refractivity contribution in [2.75, 3.05) is 11.9 Å². The summed E-state index contributed by atoms with van der Waals surface area (Å²) in [5.41, 5.74) is 0.567. The molecule has 7 nitrogen and oxygen atoms in total. The zero-order valence-corrected chi connectivity index (χ0v) is 17.2. The lowest BCUT2D eigenvalue weighted by Gasteiger charge is -2.33. The molecule has 10 heteroatoms. The third-order valence-electron chi connectivity index (χ3n) is 5.59. The number of nitrogens with zero attached hydrogens (tertiary/aromatic N) is 2. The van der Waals surface area contributed by atoms with Crippen LogP contribution < -0.4 is 11.0 Å². The molecule has 1 unspecified atom stereocenters. The summed E-state index contributed by atoms with van der Waals surface area (Å²) in [6.45, 7) is 1.72. The number of aliphatic hydroxyl groups excluding tert-OH is 1. The van der Waals surface area contributed by atoms with Crippen molar-refractivity contribution in [2.45, 2.75) is 31.6 Å². The Labute approximate surface area is 181 Å². The number of benzene rings is 2. The fourth-order valence-electron chi connectivity index (χ4n) is 3.72. The fraction of sp³-hybridized carbons (Fsp3) is 0.273. The van der Waals surface area contributed by atoms with Gasteiger partial charge in [-0.2, -0.15) is 13.2 Å². The highest BCUT2D eigenvalue weighted by Gasteiger charge is 2.35. The molecule has 2 heterocycles. The molecular weight excluding hydrogens is 423 g/mol.